The minimum absolute atomic E-state index is 0.00982. The highest BCUT2D eigenvalue weighted by Gasteiger charge is 2.30. The highest BCUT2D eigenvalue weighted by atomic mass is 79.9. The number of nitrogens with zero attached hydrogens (tertiary/aromatic N) is 1. The van der Waals surface area contributed by atoms with Crippen LogP contribution in [0.3, 0.4) is 0 Å². The lowest BCUT2D eigenvalue weighted by atomic mass is 10.1. The topological polar surface area (TPSA) is 75.7 Å². The van der Waals surface area contributed by atoms with E-state index in [0.717, 1.165) is 25.5 Å². The van der Waals surface area contributed by atoms with Crippen molar-refractivity contribution >= 4 is 43.2 Å². The van der Waals surface area contributed by atoms with E-state index in [9.17, 15) is 13.2 Å². The SMILES string of the molecule is COc1ccc(C)cc1S(=O)(=O)N(CC(=O)Nc1ccc(Br)cc1)c1cc(C)cc(C)c1. The number of halogens is 1. The third kappa shape index (κ3) is 5.49. The van der Waals surface area contributed by atoms with Gasteiger partial charge < -0.3 is 10.1 Å². The third-order valence-corrected chi connectivity index (χ3v) is 7.12. The fourth-order valence-electron chi connectivity index (χ4n) is 3.38. The number of anilines is 2. The third-order valence-electron chi connectivity index (χ3n) is 4.80. The van der Waals surface area contributed by atoms with Crippen molar-refractivity contribution in [3.05, 3.63) is 81.8 Å². The van der Waals surface area contributed by atoms with Crippen LogP contribution in [0.1, 0.15) is 16.7 Å². The number of rotatable bonds is 7. The van der Waals surface area contributed by atoms with Crippen molar-refractivity contribution in [3.63, 3.8) is 0 Å². The monoisotopic (exact) mass is 516 g/mol. The van der Waals surface area contributed by atoms with Gasteiger partial charge in [-0.05, 0) is 86.0 Å². The number of hydrogen-bond acceptors (Lipinski definition) is 4. The summed E-state index contributed by atoms with van der Waals surface area (Å²) in [4.78, 5) is 12.9. The van der Waals surface area contributed by atoms with Crippen LogP contribution in [0.25, 0.3) is 0 Å². The first-order chi connectivity index (χ1) is 15.1. The van der Waals surface area contributed by atoms with Crippen molar-refractivity contribution in [2.45, 2.75) is 25.7 Å². The molecule has 168 valence electrons. The zero-order valence-electron chi connectivity index (χ0n) is 18.3. The first-order valence-corrected chi connectivity index (χ1v) is 12.1. The Morgan fingerprint density at radius 3 is 2.16 bits per heavy atom. The van der Waals surface area contributed by atoms with Crippen LogP contribution < -0.4 is 14.4 Å². The minimum atomic E-state index is -4.11. The van der Waals surface area contributed by atoms with Gasteiger partial charge in [0.05, 0.1) is 12.8 Å². The van der Waals surface area contributed by atoms with Crippen LogP contribution >= 0.6 is 15.9 Å². The lowest BCUT2D eigenvalue weighted by Crippen LogP contribution is -2.38. The molecule has 0 spiro atoms. The molecule has 0 atom stereocenters. The van der Waals surface area contributed by atoms with Crippen molar-refractivity contribution in [2.75, 3.05) is 23.3 Å². The van der Waals surface area contributed by atoms with Crippen LogP contribution in [-0.2, 0) is 14.8 Å². The zero-order chi connectivity index (χ0) is 23.5. The van der Waals surface area contributed by atoms with Crippen LogP contribution in [0.4, 0.5) is 11.4 Å². The van der Waals surface area contributed by atoms with Gasteiger partial charge in [0, 0.05) is 10.2 Å². The van der Waals surface area contributed by atoms with Gasteiger partial charge >= 0.3 is 0 Å². The van der Waals surface area contributed by atoms with Crippen LogP contribution in [0, 0.1) is 20.8 Å². The molecule has 32 heavy (non-hydrogen) atoms. The van der Waals surface area contributed by atoms with E-state index < -0.39 is 22.5 Å². The maximum Gasteiger partial charge on any atom is 0.268 e. The molecule has 0 bridgehead atoms. The summed E-state index contributed by atoms with van der Waals surface area (Å²) < 4.78 is 34.9. The maximum absolute atomic E-state index is 13.8. The molecule has 8 heteroatoms. The fraction of sp³-hybridized carbons (Fsp3) is 0.208. The molecule has 0 heterocycles. The Balaban J connectivity index is 2.05. The van der Waals surface area contributed by atoms with E-state index in [4.69, 9.17) is 4.74 Å². The zero-order valence-corrected chi connectivity index (χ0v) is 20.7. The summed E-state index contributed by atoms with van der Waals surface area (Å²) in [5.41, 5.74) is 3.54. The lowest BCUT2D eigenvalue weighted by Gasteiger charge is -2.26. The highest BCUT2D eigenvalue weighted by Crippen LogP contribution is 2.32. The number of amides is 1. The second-order valence-electron chi connectivity index (χ2n) is 7.57. The maximum atomic E-state index is 13.8. The lowest BCUT2D eigenvalue weighted by molar-refractivity contribution is -0.114. The van der Waals surface area contributed by atoms with Gasteiger partial charge in [-0.3, -0.25) is 9.10 Å². The molecule has 6 nitrogen and oxygen atoms in total. The number of carbonyl (C=O) groups is 1. The second-order valence-corrected chi connectivity index (χ2v) is 10.3. The van der Waals surface area contributed by atoms with Crippen LogP contribution in [-0.4, -0.2) is 28.0 Å². The summed E-state index contributed by atoms with van der Waals surface area (Å²) in [7, 11) is -2.69. The summed E-state index contributed by atoms with van der Waals surface area (Å²) >= 11 is 3.36. The molecule has 3 rings (SSSR count). The molecule has 0 aliphatic heterocycles. The Kier molecular flexibility index (Phi) is 7.26. The molecule has 0 saturated heterocycles. The number of carbonyl (C=O) groups excluding carboxylic acids is 1. The number of ether oxygens (including phenoxy) is 1. The standard InChI is InChI=1S/C24H25BrN2O4S/c1-16-5-10-22(31-4)23(14-16)32(29,30)27(21-12-17(2)11-18(3)13-21)15-24(28)26-20-8-6-19(25)7-9-20/h5-14H,15H2,1-4H3,(H,26,28). The summed E-state index contributed by atoms with van der Waals surface area (Å²) in [5.74, 6) is -0.236. The number of nitrogens with one attached hydrogen (secondary N) is 1. The Morgan fingerprint density at radius 2 is 1.56 bits per heavy atom. The molecule has 0 saturated carbocycles. The quantitative estimate of drug-likeness (QED) is 0.467. The molecule has 0 fully saturated rings. The largest absolute Gasteiger partial charge is 0.495 e. The van der Waals surface area contributed by atoms with E-state index >= 15 is 0 Å². The number of hydrogen-bond donors (Lipinski definition) is 1. The Labute approximate surface area is 197 Å². The van der Waals surface area contributed by atoms with E-state index in [1.54, 1.807) is 61.5 Å². The van der Waals surface area contributed by atoms with E-state index in [1.165, 1.54) is 7.11 Å². The molecule has 0 aliphatic rings. The smallest absolute Gasteiger partial charge is 0.268 e. The highest BCUT2D eigenvalue weighted by molar-refractivity contribution is 9.10. The molecule has 0 aliphatic carbocycles. The van der Waals surface area contributed by atoms with Crippen molar-refractivity contribution in [3.8, 4) is 5.75 Å². The van der Waals surface area contributed by atoms with Crippen molar-refractivity contribution in [1.29, 1.82) is 0 Å². The molecule has 3 aromatic rings. The number of aryl methyl sites for hydroxylation is 3. The first kappa shape index (κ1) is 23.8. The van der Waals surface area contributed by atoms with E-state index in [-0.39, 0.29) is 10.6 Å². The predicted molar refractivity (Wildman–Crippen MR) is 131 cm³/mol. The van der Waals surface area contributed by atoms with Crippen LogP contribution in [0.15, 0.2) is 70.0 Å². The summed E-state index contributed by atoms with van der Waals surface area (Å²) in [5, 5.41) is 2.77. The Hall–Kier alpha value is -2.84. The van der Waals surface area contributed by atoms with Gasteiger partial charge in [0.25, 0.3) is 10.0 Å². The second kappa shape index (κ2) is 9.75. The van der Waals surface area contributed by atoms with Gasteiger partial charge in [0.15, 0.2) is 0 Å². The molecule has 3 aromatic carbocycles. The minimum Gasteiger partial charge on any atom is -0.495 e. The van der Waals surface area contributed by atoms with Gasteiger partial charge in [-0.1, -0.05) is 28.1 Å². The summed E-state index contributed by atoms with van der Waals surface area (Å²) in [6.07, 6.45) is 0. The molecule has 0 unspecified atom stereocenters. The number of benzene rings is 3. The van der Waals surface area contributed by atoms with Crippen LogP contribution in [0.2, 0.25) is 0 Å². The molecule has 1 N–H and O–H groups in total. The summed E-state index contributed by atoms with van der Waals surface area (Å²) in [6.45, 7) is 5.19. The van der Waals surface area contributed by atoms with E-state index in [0.29, 0.717) is 11.4 Å². The molecule has 0 aromatic heterocycles. The number of methoxy groups -OCH3 is 1. The predicted octanol–water partition coefficient (Wildman–Crippen LogP) is 5.22. The molecule has 1 amide bonds. The van der Waals surface area contributed by atoms with Gasteiger partial charge in [0.2, 0.25) is 5.91 Å². The van der Waals surface area contributed by atoms with Crippen LogP contribution in [0.5, 0.6) is 5.75 Å². The van der Waals surface area contributed by atoms with E-state index in [1.807, 2.05) is 19.9 Å². The molecular weight excluding hydrogens is 492 g/mol. The molecule has 0 radical (unpaired) electrons. The average molecular weight is 517 g/mol. The van der Waals surface area contributed by atoms with Gasteiger partial charge in [-0.15, -0.1) is 0 Å². The Bertz CT molecular complexity index is 1220. The molecular formula is C24H25BrN2O4S. The summed E-state index contributed by atoms with van der Waals surface area (Å²) in [6, 6.07) is 17.5. The Morgan fingerprint density at radius 1 is 0.938 bits per heavy atom. The fourth-order valence-corrected chi connectivity index (χ4v) is 5.29. The first-order valence-electron chi connectivity index (χ1n) is 9.91. The van der Waals surface area contributed by atoms with Crippen molar-refractivity contribution in [1.82, 2.24) is 0 Å². The average Bonchev–Trinajstić information content (AvgIpc) is 2.73. The van der Waals surface area contributed by atoms with Gasteiger partial charge in [-0.2, -0.15) is 0 Å². The normalized spacial score (nSPS) is 11.2. The van der Waals surface area contributed by atoms with Gasteiger partial charge in [0.1, 0.15) is 17.2 Å². The number of sulfonamides is 1. The van der Waals surface area contributed by atoms with E-state index in [2.05, 4.69) is 21.2 Å². The van der Waals surface area contributed by atoms with Crippen molar-refractivity contribution < 1.29 is 17.9 Å². The van der Waals surface area contributed by atoms with Crippen molar-refractivity contribution in [2.24, 2.45) is 0 Å². The van der Waals surface area contributed by atoms with Gasteiger partial charge in [-0.25, -0.2) is 8.42 Å².